The quantitative estimate of drug-likeness (QED) is 0.822. The second kappa shape index (κ2) is 8.57. The van der Waals surface area contributed by atoms with Gasteiger partial charge in [0.25, 0.3) is 0 Å². The fraction of sp³-hybridized carbons (Fsp3) is 0.556. The molecule has 2 rings (SSSR count). The van der Waals surface area contributed by atoms with Gasteiger partial charge < -0.3 is 10.1 Å². The minimum absolute atomic E-state index is 0.0789. The van der Waals surface area contributed by atoms with Crippen LogP contribution >= 0.6 is 0 Å². The number of methoxy groups -OCH3 is 1. The zero-order chi connectivity index (χ0) is 15.8. The number of aryl methyl sites for hydroxylation is 1. The van der Waals surface area contributed by atoms with Gasteiger partial charge in [0.05, 0.1) is 7.11 Å². The lowest BCUT2D eigenvalue weighted by Crippen LogP contribution is -2.47. The van der Waals surface area contributed by atoms with Crippen molar-refractivity contribution in [3.05, 3.63) is 35.9 Å². The van der Waals surface area contributed by atoms with Crippen molar-refractivity contribution >= 4 is 11.9 Å². The van der Waals surface area contributed by atoms with Gasteiger partial charge >= 0.3 is 5.97 Å². The number of carbonyl (C=O) groups is 2. The van der Waals surface area contributed by atoms with Crippen LogP contribution in [0.4, 0.5) is 0 Å². The number of ether oxygens (including phenoxy) is 1. The van der Waals surface area contributed by atoms with Gasteiger partial charge in [0.1, 0.15) is 6.04 Å². The Morgan fingerprint density at radius 1 is 1.18 bits per heavy atom. The van der Waals surface area contributed by atoms with Gasteiger partial charge in [0.15, 0.2) is 0 Å². The molecule has 1 fully saturated rings. The number of carbonyl (C=O) groups excluding carboxylic acids is 2. The van der Waals surface area contributed by atoms with Gasteiger partial charge in [-0.25, -0.2) is 4.79 Å². The maximum Gasteiger partial charge on any atom is 0.328 e. The monoisotopic (exact) mass is 303 g/mol. The molecule has 1 aliphatic rings. The fourth-order valence-electron chi connectivity index (χ4n) is 3.11. The zero-order valence-corrected chi connectivity index (χ0v) is 13.2. The topological polar surface area (TPSA) is 55.4 Å². The number of hydrogen-bond acceptors (Lipinski definition) is 3. The van der Waals surface area contributed by atoms with E-state index in [4.69, 9.17) is 4.74 Å². The highest BCUT2D eigenvalue weighted by Gasteiger charge is 2.31. The van der Waals surface area contributed by atoms with Crippen LogP contribution in [0.25, 0.3) is 0 Å². The molecule has 0 unspecified atom stereocenters. The molecule has 1 aliphatic carbocycles. The number of hydrogen-bond donors (Lipinski definition) is 1. The van der Waals surface area contributed by atoms with E-state index in [1.165, 1.54) is 13.5 Å². The van der Waals surface area contributed by atoms with Crippen molar-refractivity contribution in [2.75, 3.05) is 7.11 Å². The second-order valence-electron chi connectivity index (χ2n) is 5.95. The third-order valence-electron chi connectivity index (χ3n) is 4.38. The van der Waals surface area contributed by atoms with E-state index < -0.39 is 6.04 Å². The van der Waals surface area contributed by atoms with Crippen molar-refractivity contribution < 1.29 is 14.3 Å². The van der Waals surface area contributed by atoms with E-state index in [1.807, 2.05) is 30.3 Å². The lowest BCUT2D eigenvalue weighted by Gasteiger charge is -2.29. The molecular formula is C18H25NO3. The molecule has 1 amide bonds. The van der Waals surface area contributed by atoms with Crippen LogP contribution in [-0.4, -0.2) is 25.0 Å². The first-order chi connectivity index (χ1) is 10.7. The summed E-state index contributed by atoms with van der Waals surface area (Å²) < 4.78 is 4.88. The number of rotatable bonds is 6. The molecule has 0 spiro atoms. The van der Waals surface area contributed by atoms with Gasteiger partial charge in [-0.15, -0.1) is 0 Å². The van der Waals surface area contributed by atoms with E-state index in [-0.39, 0.29) is 17.8 Å². The smallest absolute Gasteiger partial charge is 0.328 e. The van der Waals surface area contributed by atoms with E-state index >= 15 is 0 Å². The van der Waals surface area contributed by atoms with Gasteiger partial charge in [-0.05, 0) is 30.7 Å². The molecule has 22 heavy (non-hydrogen) atoms. The van der Waals surface area contributed by atoms with Crippen LogP contribution < -0.4 is 5.32 Å². The maximum atomic E-state index is 12.2. The Kier molecular flexibility index (Phi) is 6.44. The largest absolute Gasteiger partial charge is 0.467 e. The van der Waals surface area contributed by atoms with Crippen molar-refractivity contribution in [3.8, 4) is 0 Å². The van der Waals surface area contributed by atoms with Crippen LogP contribution in [-0.2, 0) is 20.7 Å². The molecule has 1 saturated carbocycles. The average Bonchev–Trinajstić information content (AvgIpc) is 2.59. The van der Waals surface area contributed by atoms with E-state index in [2.05, 4.69) is 5.32 Å². The van der Waals surface area contributed by atoms with Crippen LogP contribution in [0.1, 0.15) is 44.1 Å². The molecule has 0 aliphatic heterocycles. The SMILES string of the molecule is COC(=O)[C@@H](NC(=O)CCc1ccccc1)C1CCCCC1. The number of nitrogens with one attached hydrogen (secondary N) is 1. The predicted molar refractivity (Wildman–Crippen MR) is 85.3 cm³/mol. The van der Waals surface area contributed by atoms with Gasteiger partial charge in [0.2, 0.25) is 5.91 Å². The number of benzene rings is 1. The van der Waals surface area contributed by atoms with Crippen molar-refractivity contribution in [3.63, 3.8) is 0 Å². The van der Waals surface area contributed by atoms with Gasteiger partial charge in [-0.2, -0.15) is 0 Å². The Balaban J connectivity index is 1.88. The molecule has 1 aromatic carbocycles. The predicted octanol–water partition coefficient (Wildman–Crippen LogP) is 2.86. The molecular weight excluding hydrogens is 278 g/mol. The summed E-state index contributed by atoms with van der Waals surface area (Å²) in [7, 11) is 1.38. The second-order valence-corrected chi connectivity index (χ2v) is 5.95. The molecule has 4 nitrogen and oxygen atoms in total. The van der Waals surface area contributed by atoms with E-state index in [1.54, 1.807) is 0 Å². The Morgan fingerprint density at radius 2 is 1.86 bits per heavy atom. The summed E-state index contributed by atoms with van der Waals surface area (Å²) in [4.78, 5) is 24.2. The standard InChI is InChI=1S/C18H25NO3/c1-22-18(21)17(15-10-6-3-7-11-15)19-16(20)13-12-14-8-4-2-5-9-14/h2,4-5,8-9,15,17H,3,6-7,10-13H2,1H3,(H,19,20)/t17-/m0/s1. The zero-order valence-electron chi connectivity index (χ0n) is 13.2. The molecule has 0 radical (unpaired) electrons. The molecule has 4 heteroatoms. The Bertz CT molecular complexity index is 480. The molecule has 1 atom stereocenters. The first kappa shape index (κ1) is 16.5. The lowest BCUT2D eigenvalue weighted by molar-refractivity contribution is -0.147. The van der Waals surface area contributed by atoms with Crippen molar-refractivity contribution in [1.29, 1.82) is 0 Å². The van der Waals surface area contributed by atoms with E-state index in [0.29, 0.717) is 12.8 Å². The highest BCUT2D eigenvalue weighted by molar-refractivity contribution is 5.84. The van der Waals surface area contributed by atoms with Crippen molar-refractivity contribution in [2.24, 2.45) is 5.92 Å². The maximum absolute atomic E-state index is 12.2. The molecule has 1 aromatic rings. The third-order valence-corrected chi connectivity index (χ3v) is 4.38. The normalized spacial score (nSPS) is 16.8. The van der Waals surface area contributed by atoms with Crippen LogP contribution in [0.2, 0.25) is 0 Å². The summed E-state index contributed by atoms with van der Waals surface area (Å²) in [5.41, 5.74) is 1.13. The Labute approximate surface area is 132 Å². The van der Waals surface area contributed by atoms with Crippen LogP contribution in [0.3, 0.4) is 0 Å². The average molecular weight is 303 g/mol. The molecule has 0 aromatic heterocycles. The van der Waals surface area contributed by atoms with Crippen molar-refractivity contribution in [2.45, 2.75) is 51.0 Å². The van der Waals surface area contributed by atoms with Gasteiger partial charge in [-0.3, -0.25) is 4.79 Å². The lowest BCUT2D eigenvalue weighted by atomic mass is 9.84. The van der Waals surface area contributed by atoms with Crippen LogP contribution in [0.5, 0.6) is 0 Å². The minimum atomic E-state index is -0.492. The first-order valence-corrected chi connectivity index (χ1v) is 8.12. The fourth-order valence-corrected chi connectivity index (χ4v) is 3.11. The molecule has 0 saturated heterocycles. The van der Waals surface area contributed by atoms with Gasteiger partial charge in [-0.1, -0.05) is 49.6 Å². The minimum Gasteiger partial charge on any atom is -0.467 e. The Hall–Kier alpha value is -1.84. The Morgan fingerprint density at radius 3 is 2.50 bits per heavy atom. The summed E-state index contributed by atoms with van der Waals surface area (Å²) in [6, 6.07) is 9.41. The molecule has 120 valence electrons. The van der Waals surface area contributed by atoms with Crippen molar-refractivity contribution in [1.82, 2.24) is 5.32 Å². The first-order valence-electron chi connectivity index (χ1n) is 8.12. The molecule has 0 bridgehead atoms. The third kappa shape index (κ3) is 4.86. The van der Waals surface area contributed by atoms with E-state index in [0.717, 1.165) is 31.2 Å². The summed E-state index contributed by atoms with van der Waals surface area (Å²) in [6.07, 6.45) is 6.51. The van der Waals surface area contributed by atoms with Crippen LogP contribution in [0, 0.1) is 5.92 Å². The molecule has 1 N–H and O–H groups in total. The summed E-state index contributed by atoms with van der Waals surface area (Å²) in [6.45, 7) is 0. The van der Waals surface area contributed by atoms with E-state index in [9.17, 15) is 9.59 Å². The summed E-state index contributed by atoms with van der Waals surface area (Å²) >= 11 is 0. The van der Waals surface area contributed by atoms with Crippen LogP contribution in [0.15, 0.2) is 30.3 Å². The summed E-state index contributed by atoms with van der Waals surface area (Å²) in [5, 5.41) is 2.89. The highest BCUT2D eigenvalue weighted by Crippen LogP contribution is 2.27. The number of amides is 1. The highest BCUT2D eigenvalue weighted by atomic mass is 16.5. The molecule has 0 heterocycles. The summed E-state index contributed by atoms with van der Waals surface area (Å²) in [5.74, 6) is -0.188. The number of esters is 1. The van der Waals surface area contributed by atoms with Gasteiger partial charge in [0, 0.05) is 6.42 Å².